The average Bonchev–Trinajstić information content (AvgIpc) is 2.82. The number of benzene rings is 1. The van der Waals surface area contributed by atoms with Gasteiger partial charge < -0.3 is 0 Å². The van der Waals surface area contributed by atoms with Crippen molar-refractivity contribution in [3.63, 3.8) is 0 Å². The largest absolute Gasteiger partial charge is 0.296 e. The maximum absolute atomic E-state index is 11.0. The first-order valence-corrected chi connectivity index (χ1v) is 6.26. The molecule has 88 valence electrons. The van der Waals surface area contributed by atoms with Crippen molar-refractivity contribution in [2.45, 2.75) is 0 Å². The maximum atomic E-state index is 11.0. The van der Waals surface area contributed by atoms with Gasteiger partial charge in [0.2, 0.25) is 0 Å². The number of carbonyl (C=O) groups is 1. The van der Waals surface area contributed by atoms with Crippen molar-refractivity contribution in [2.75, 3.05) is 0 Å². The van der Waals surface area contributed by atoms with E-state index in [0.717, 1.165) is 27.7 Å². The van der Waals surface area contributed by atoms with Gasteiger partial charge in [0.25, 0.3) is 0 Å². The van der Waals surface area contributed by atoms with E-state index < -0.39 is 0 Å². The first kappa shape index (κ1) is 11.2. The van der Waals surface area contributed by atoms with Gasteiger partial charge in [0.05, 0.1) is 11.4 Å². The quantitative estimate of drug-likeness (QED) is 0.678. The highest BCUT2D eigenvalue weighted by molar-refractivity contribution is 9.10. The van der Waals surface area contributed by atoms with E-state index in [4.69, 9.17) is 0 Å². The third kappa shape index (κ3) is 1.84. The summed E-state index contributed by atoms with van der Waals surface area (Å²) in [5, 5.41) is 0. The highest BCUT2D eigenvalue weighted by Crippen LogP contribution is 2.23. The molecule has 2 heterocycles. The highest BCUT2D eigenvalue weighted by atomic mass is 79.9. The Bertz CT molecular complexity index is 733. The molecule has 3 nitrogen and oxygen atoms in total. The average molecular weight is 301 g/mol. The normalized spacial score (nSPS) is 10.7. The van der Waals surface area contributed by atoms with Crippen LogP contribution in [0.1, 0.15) is 10.5 Å². The number of aromatic nitrogens is 2. The predicted molar refractivity (Wildman–Crippen MR) is 73.7 cm³/mol. The van der Waals surface area contributed by atoms with Crippen molar-refractivity contribution >= 4 is 27.9 Å². The Hall–Kier alpha value is -1.94. The number of fused-ring (bicyclic) bond motifs is 1. The monoisotopic (exact) mass is 300 g/mol. The number of nitrogens with zero attached hydrogens (tertiary/aromatic N) is 2. The highest BCUT2D eigenvalue weighted by Gasteiger charge is 2.06. The van der Waals surface area contributed by atoms with E-state index in [1.165, 1.54) is 0 Å². The van der Waals surface area contributed by atoms with Gasteiger partial charge >= 0.3 is 0 Å². The van der Waals surface area contributed by atoms with Gasteiger partial charge in [0.15, 0.2) is 6.29 Å². The minimum absolute atomic E-state index is 0.598. The van der Waals surface area contributed by atoms with Crippen LogP contribution in [0.15, 0.2) is 53.1 Å². The van der Waals surface area contributed by atoms with Crippen molar-refractivity contribution in [1.29, 1.82) is 0 Å². The summed E-state index contributed by atoms with van der Waals surface area (Å²) in [6.45, 7) is 0. The molecule has 1 aromatic carbocycles. The topological polar surface area (TPSA) is 34.4 Å². The van der Waals surface area contributed by atoms with Crippen LogP contribution in [0.5, 0.6) is 0 Å². The van der Waals surface area contributed by atoms with E-state index in [2.05, 4.69) is 20.9 Å². The van der Waals surface area contributed by atoms with Crippen LogP contribution in [0.3, 0.4) is 0 Å². The van der Waals surface area contributed by atoms with Crippen molar-refractivity contribution in [1.82, 2.24) is 9.38 Å². The van der Waals surface area contributed by atoms with Crippen molar-refractivity contribution in [2.24, 2.45) is 0 Å². The smallest absolute Gasteiger partial charge is 0.166 e. The molecular formula is C14H9BrN2O. The zero-order chi connectivity index (χ0) is 12.5. The first-order valence-electron chi connectivity index (χ1n) is 5.47. The number of carbonyl (C=O) groups excluding carboxylic acids is 1. The standard InChI is InChI=1S/C14H9BrN2O/c15-11-4-1-3-10(7-11)13-8-17-12(9-18)5-2-6-14(17)16-13/h1-9H. The third-order valence-electron chi connectivity index (χ3n) is 2.76. The second-order valence-corrected chi connectivity index (χ2v) is 4.85. The van der Waals surface area contributed by atoms with Gasteiger partial charge in [0, 0.05) is 16.2 Å². The van der Waals surface area contributed by atoms with Crippen molar-refractivity contribution in [3.8, 4) is 11.3 Å². The molecule has 2 aromatic heterocycles. The number of aldehydes is 1. The van der Waals surface area contributed by atoms with Gasteiger partial charge in [-0.1, -0.05) is 34.1 Å². The molecule has 3 aromatic rings. The Morgan fingerprint density at radius 1 is 1.17 bits per heavy atom. The summed E-state index contributed by atoms with van der Waals surface area (Å²) in [4.78, 5) is 15.5. The molecule has 0 fully saturated rings. The lowest BCUT2D eigenvalue weighted by Gasteiger charge is -1.96. The molecule has 0 unspecified atom stereocenters. The van der Waals surface area contributed by atoms with Crippen molar-refractivity contribution < 1.29 is 4.79 Å². The lowest BCUT2D eigenvalue weighted by molar-refractivity contribution is 0.111. The molecular weight excluding hydrogens is 292 g/mol. The SMILES string of the molecule is O=Cc1cccc2nc(-c3cccc(Br)c3)cn12. The summed E-state index contributed by atoms with van der Waals surface area (Å²) in [5.74, 6) is 0. The van der Waals surface area contributed by atoms with Gasteiger partial charge in [-0.3, -0.25) is 9.20 Å². The zero-order valence-electron chi connectivity index (χ0n) is 9.38. The molecule has 0 saturated carbocycles. The number of rotatable bonds is 2. The Labute approximate surface area is 112 Å². The Kier molecular flexibility index (Phi) is 2.72. The fraction of sp³-hybridized carbons (Fsp3) is 0. The van der Waals surface area contributed by atoms with Gasteiger partial charge in [-0.2, -0.15) is 0 Å². The summed E-state index contributed by atoms with van der Waals surface area (Å²) in [6, 6.07) is 13.4. The number of imidazole rings is 1. The minimum atomic E-state index is 0.598. The van der Waals surface area contributed by atoms with Crippen LogP contribution in [-0.2, 0) is 0 Å². The molecule has 0 N–H and O–H groups in total. The molecule has 0 amide bonds. The minimum Gasteiger partial charge on any atom is -0.296 e. The van der Waals surface area contributed by atoms with Crippen LogP contribution in [0.2, 0.25) is 0 Å². The van der Waals surface area contributed by atoms with E-state index in [0.29, 0.717) is 5.69 Å². The van der Waals surface area contributed by atoms with E-state index in [1.807, 2.05) is 42.6 Å². The molecule has 0 spiro atoms. The lowest BCUT2D eigenvalue weighted by atomic mass is 10.2. The summed E-state index contributed by atoms with van der Waals surface area (Å²) < 4.78 is 2.80. The number of halogens is 1. The van der Waals surface area contributed by atoms with Gasteiger partial charge in [-0.05, 0) is 24.3 Å². The Balaban J connectivity index is 2.22. The molecule has 18 heavy (non-hydrogen) atoms. The van der Waals surface area contributed by atoms with Gasteiger partial charge in [-0.25, -0.2) is 4.98 Å². The predicted octanol–water partition coefficient (Wildman–Crippen LogP) is 3.58. The molecule has 4 heteroatoms. The first-order chi connectivity index (χ1) is 8.78. The van der Waals surface area contributed by atoms with E-state index in [-0.39, 0.29) is 0 Å². The molecule has 0 atom stereocenters. The Morgan fingerprint density at radius 2 is 2.00 bits per heavy atom. The fourth-order valence-corrected chi connectivity index (χ4v) is 2.31. The van der Waals surface area contributed by atoms with Crippen LogP contribution >= 0.6 is 15.9 Å². The van der Waals surface area contributed by atoms with E-state index in [9.17, 15) is 4.79 Å². The van der Waals surface area contributed by atoms with E-state index in [1.54, 1.807) is 10.5 Å². The number of pyridine rings is 1. The number of hydrogen-bond donors (Lipinski definition) is 0. The lowest BCUT2D eigenvalue weighted by Crippen LogP contribution is -1.91. The second-order valence-electron chi connectivity index (χ2n) is 3.93. The second kappa shape index (κ2) is 4.38. The summed E-state index contributed by atoms with van der Waals surface area (Å²) in [7, 11) is 0. The van der Waals surface area contributed by atoms with Crippen LogP contribution in [0.4, 0.5) is 0 Å². The van der Waals surface area contributed by atoms with Gasteiger partial charge in [-0.15, -0.1) is 0 Å². The molecule has 0 aliphatic rings. The molecule has 3 rings (SSSR count). The van der Waals surface area contributed by atoms with Crippen LogP contribution in [-0.4, -0.2) is 15.7 Å². The van der Waals surface area contributed by atoms with Crippen LogP contribution in [0, 0.1) is 0 Å². The Morgan fingerprint density at radius 3 is 2.78 bits per heavy atom. The van der Waals surface area contributed by atoms with Crippen molar-refractivity contribution in [3.05, 3.63) is 58.8 Å². The molecule has 0 bridgehead atoms. The van der Waals surface area contributed by atoms with Gasteiger partial charge in [0.1, 0.15) is 5.65 Å². The van der Waals surface area contributed by atoms with E-state index >= 15 is 0 Å². The summed E-state index contributed by atoms with van der Waals surface area (Å²) in [6.07, 6.45) is 2.71. The third-order valence-corrected chi connectivity index (χ3v) is 3.26. The summed E-state index contributed by atoms with van der Waals surface area (Å²) >= 11 is 3.44. The van der Waals surface area contributed by atoms with Crippen LogP contribution < -0.4 is 0 Å². The molecule has 0 radical (unpaired) electrons. The molecule has 0 aliphatic heterocycles. The zero-order valence-corrected chi connectivity index (χ0v) is 11.0. The molecule has 0 saturated heterocycles. The number of hydrogen-bond acceptors (Lipinski definition) is 2. The summed E-state index contributed by atoms with van der Waals surface area (Å²) in [5.41, 5.74) is 3.24. The maximum Gasteiger partial charge on any atom is 0.166 e. The molecule has 0 aliphatic carbocycles. The fourth-order valence-electron chi connectivity index (χ4n) is 1.91. The van der Waals surface area contributed by atoms with Crippen LogP contribution in [0.25, 0.3) is 16.9 Å².